The standard InChI is InChI=1S/C30H32FNO5S/c31-23-15-17-24(18-16-23)38(35,36)32(29(33)21-9-3-1-4-10-21)27-19-20-28(26-14-8-7-13-25(26)27)37-30(34)22-11-5-2-6-12-22/h7-8,13-22H,1-6,9-12H2. The summed E-state index contributed by atoms with van der Waals surface area (Å²) >= 11 is 0. The van der Waals surface area contributed by atoms with Gasteiger partial charge in [0.2, 0.25) is 5.91 Å². The third kappa shape index (κ3) is 5.32. The molecule has 6 nitrogen and oxygen atoms in total. The largest absolute Gasteiger partial charge is 0.426 e. The number of hydrogen-bond donors (Lipinski definition) is 0. The number of sulfonamides is 1. The molecule has 200 valence electrons. The molecule has 2 fully saturated rings. The van der Waals surface area contributed by atoms with Gasteiger partial charge >= 0.3 is 5.97 Å². The molecule has 0 spiro atoms. The average Bonchev–Trinajstić information content (AvgIpc) is 2.95. The van der Waals surface area contributed by atoms with Crippen LogP contribution in [-0.4, -0.2) is 20.3 Å². The van der Waals surface area contributed by atoms with E-state index in [4.69, 9.17) is 4.74 Å². The first-order valence-corrected chi connectivity index (χ1v) is 14.9. The number of nitrogens with zero attached hydrogens (tertiary/aromatic N) is 1. The summed E-state index contributed by atoms with van der Waals surface area (Å²) in [5, 5.41) is 1.03. The van der Waals surface area contributed by atoms with Gasteiger partial charge in [0.05, 0.1) is 16.5 Å². The first kappa shape index (κ1) is 26.4. The van der Waals surface area contributed by atoms with Crippen LogP contribution in [0.4, 0.5) is 10.1 Å². The minimum absolute atomic E-state index is 0.148. The molecule has 3 aromatic carbocycles. The number of benzene rings is 3. The van der Waals surface area contributed by atoms with Crippen molar-refractivity contribution in [2.24, 2.45) is 11.8 Å². The van der Waals surface area contributed by atoms with Gasteiger partial charge in [-0.05, 0) is 62.1 Å². The third-order valence-corrected chi connectivity index (χ3v) is 9.46. The molecule has 3 aromatic rings. The predicted octanol–water partition coefficient (Wildman–Crippen LogP) is 6.77. The molecule has 0 aromatic heterocycles. The number of ether oxygens (including phenoxy) is 1. The number of esters is 1. The highest BCUT2D eigenvalue weighted by Gasteiger charge is 2.37. The quantitative estimate of drug-likeness (QED) is 0.256. The summed E-state index contributed by atoms with van der Waals surface area (Å²) in [4.78, 5) is 26.6. The minimum atomic E-state index is -4.35. The van der Waals surface area contributed by atoms with Crippen molar-refractivity contribution < 1.29 is 27.1 Å². The molecule has 0 heterocycles. The highest BCUT2D eigenvalue weighted by atomic mass is 32.2. The van der Waals surface area contributed by atoms with Crippen molar-refractivity contribution in [3.63, 3.8) is 0 Å². The summed E-state index contributed by atoms with van der Waals surface area (Å²) < 4.78 is 48.2. The lowest BCUT2D eigenvalue weighted by Crippen LogP contribution is -2.41. The van der Waals surface area contributed by atoms with Crippen molar-refractivity contribution in [1.82, 2.24) is 0 Å². The average molecular weight is 538 g/mol. The van der Waals surface area contributed by atoms with Crippen molar-refractivity contribution >= 4 is 38.4 Å². The van der Waals surface area contributed by atoms with Gasteiger partial charge in [0.1, 0.15) is 11.6 Å². The molecular formula is C30H32FNO5S. The zero-order valence-corrected chi connectivity index (χ0v) is 22.1. The van der Waals surface area contributed by atoms with Crippen LogP contribution in [0.2, 0.25) is 0 Å². The number of fused-ring (bicyclic) bond motifs is 1. The summed E-state index contributed by atoms with van der Waals surface area (Å²) in [7, 11) is -4.35. The first-order chi connectivity index (χ1) is 18.4. The van der Waals surface area contributed by atoms with E-state index < -0.39 is 27.7 Å². The summed E-state index contributed by atoms with van der Waals surface area (Å²) in [6.07, 6.45) is 8.68. The highest BCUT2D eigenvalue weighted by Crippen LogP contribution is 2.39. The summed E-state index contributed by atoms with van der Waals surface area (Å²) in [6.45, 7) is 0. The van der Waals surface area contributed by atoms with Crippen molar-refractivity contribution in [1.29, 1.82) is 0 Å². The van der Waals surface area contributed by atoms with Crippen molar-refractivity contribution in [2.45, 2.75) is 69.1 Å². The fourth-order valence-electron chi connectivity index (χ4n) is 5.65. The fourth-order valence-corrected chi connectivity index (χ4v) is 7.14. The van der Waals surface area contributed by atoms with Gasteiger partial charge in [-0.2, -0.15) is 0 Å². The number of rotatable bonds is 6. The van der Waals surface area contributed by atoms with Crippen LogP contribution in [0.5, 0.6) is 5.75 Å². The van der Waals surface area contributed by atoms with Gasteiger partial charge in [-0.25, -0.2) is 17.1 Å². The molecule has 1 amide bonds. The van der Waals surface area contributed by atoms with Crippen molar-refractivity contribution in [2.75, 3.05) is 4.31 Å². The van der Waals surface area contributed by atoms with Crippen LogP contribution in [0.25, 0.3) is 10.8 Å². The van der Waals surface area contributed by atoms with Crippen LogP contribution in [-0.2, 0) is 19.6 Å². The second-order valence-electron chi connectivity index (χ2n) is 10.3. The molecule has 2 aliphatic carbocycles. The maximum absolute atomic E-state index is 13.9. The molecule has 0 aliphatic heterocycles. The van der Waals surface area contributed by atoms with E-state index in [0.29, 0.717) is 29.4 Å². The zero-order valence-electron chi connectivity index (χ0n) is 21.3. The van der Waals surface area contributed by atoms with Gasteiger partial charge in [-0.3, -0.25) is 9.59 Å². The molecule has 0 saturated heterocycles. The Hall–Kier alpha value is -3.26. The monoisotopic (exact) mass is 537 g/mol. The van der Waals surface area contributed by atoms with E-state index in [2.05, 4.69) is 0 Å². The summed E-state index contributed by atoms with van der Waals surface area (Å²) in [5.74, 6) is -1.58. The molecular weight excluding hydrogens is 505 g/mol. The molecule has 0 unspecified atom stereocenters. The van der Waals surface area contributed by atoms with Gasteiger partial charge in [0.25, 0.3) is 10.0 Å². The van der Waals surface area contributed by atoms with Gasteiger partial charge in [0, 0.05) is 16.7 Å². The molecule has 0 atom stereocenters. The number of amides is 1. The summed E-state index contributed by atoms with van der Waals surface area (Å²) in [5.41, 5.74) is 0.193. The van der Waals surface area contributed by atoms with Crippen LogP contribution in [0.1, 0.15) is 64.2 Å². The van der Waals surface area contributed by atoms with E-state index >= 15 is 0 Å². The van der Waals surface area contributed by atoms with E-state index in [0.717, 1.165) is 67.8 Å². The minimum Gasteiger partial charge on any atom is -0.426 e. The second-order valence-corrected chi connectivity index (χ2v) is 12.1. The van der Waals surface area contributed by atoms with Gasteiger partial charge in [-0.15, -0.1) is 0 Å². The molecule has 38 heavy (non-hydrogen) atoms. The third-order valence-electron chi connectivity index (χ3n) is 7.74. The van der Waals surface area contributed by atoms with Gasteiger partial charge in [-0.1, -0.05) is 62.8 Å². The smallest absolute Gasteiger partial charge is 0.314 e. The number of anilines is 1. The first-order valence-electron chi connectivity index (χ1n) is 13.4. The van der Waals surface area contributed by atoms with E-state index in [1.807, 2.05) is 0 Å². The molecule has 0 N–H and O–H groups in total. The van der Waals surface area contributed by atoms with Crippen LogP contribution in [0.15, 0.2) is 65.6 Å². The van der Waals surface area contributed by atoms with Gasteiger partial charge in [0.15, 0.2) is 0 Å². The van der Waals surface area contributed by atoms with E-state index in [1.54, 1.807) is 30.3 Å². The van der Waals surface area contributed by atoms with Crippen molar-refractivity contribution in [3.05, 3.63) is 66.5 Å². The number of carbonyl (C=O) groups excluding carboxylic acids is 2. The molecule has 5 rings (SSSR count). The van der Waals surface area contributed by atoms with Gasteiger partial charge < -0.3 is 4.74 Å². The van der Waals surface area contributed by atoms with E-state index in [1.165, 1.54) is 18.2 Å². The second kappa shape index (κ2) is 11.2. The zero-order chi connectivity index (χ0) is 26.7. The highest BCUT2D eigenvalue weighted by molar-refractivity contribution is 7.93. The molecule has 0 radical (unpaired) electrons. The lowest BCUT2D eigenvalue weighted by molar-refractivity contribution is -0.139. The van der Waals surface area contributed by atoms with E-state index in [9.17, 15) is 22.4 Å². The Balaban J connectivity index is 1.59. The van der Waals surface area contributed by atoms with Crippen LogP contribution in [0.3, 0.4) is 0 Å². The lowest BCUT2D eigenvalue weighted by atomic mass is 9.88. The fraction of sp³-hybridized carbons (Fsp3) is 0.400. The van der Waals surface area contributed by atoms with E-state index in [-0.39, 0.29) is 22.5 Å². The Bertz CT molecular complexity index is 1420. The maximum Gasteiger partial charge on any atom is 0.314 e. The van der Waals surface area contributed by atoms with Crippen LogP contribution in [0, 0.1) is 17.7 Å². The Kier molecular flexibility index (Phi) is 7.79. The summed E-state index contributed by atoms with van der Waals surface area (Å²) in [6, 6.07) is 14.6. The maximum atomic E-state index is 13.9. The number of halogens is 1. The Morgan fingerprint density at radius 3 is 1.95 bits per heavy atom. The lowest BCUT2D eigenvalue weighted by Gasteiger charge is -2.30. The molecule has 0 bridgehead atoms. The Morgan fingerprint density at radius 2 is 1.32 bits per heavy atom. The number of carbonyl (C=O) groups is 2. The topological polar surface area (TPSA) is 80.8 Å². The van der Waals surface area contributed by atoms with Crippen LogP contribution < -0.4 is 9.04 Å². The predicted molar refractivity (Wildman–Crippen MR) is 144 cm³/mol. The normalized spacial score (nSPS) is 17.3. The Morgan fingerprint density at radius 1 is 0.737 bits per heavy atom. The number of hydrogen-bond acceptors (Lipinski definition) is 5. The van der Waals surface area contributed by atoms with Crippen molar-refractivity contribution in [3.8, 4) is 5.75 Å². The molecule has 2 saturated carbocycles. The SMILES string of the molecule is O=C(Oc1ccc(N(C(=O)C2CCCCC2)S(=O)(=O)c2ccc(F)cc2)c2ccccc12)C1CCCCC1. The molecule has 8 heteroatoms. The Labute approximate surface area is 222 Å². The molecule has 2 aliphatic rings. The van der Waals surface area contributed by atoms with Crippen LogP contribution >= 0.6 is 0 Å².